The van der Waals surface area contributed by atoms with Gasteiger partial charge in [0.05, 0.1) is 11.1 Å². The van der Waals surface area contributed by atoms with Gasteiger partial charge in [-0.15, -0.1) is 0 Å². The van der Waals surface area contributed by atoms with Crippen molar-refractivity contribution in [1.82, 2.24) is 0 Å². The molecule has 1 aliphatic heterocycles. The van der Waals surface area contributed by atoms with Gasteiger partial charge in [0.1, 0.15) is 0 Å². The van der Waals surface area contributed by atoms with E-state index in [1.54, 1.807) is 6.07 Å². The maximum absolute atomic E-state index is 10.2. The van der Waals surface area contributed by atoms with E-state index in [4.69, 9.17) is 21.1 Å². The summed E-state index contributed by atoms with van der Waals surface area (Å²) in [4.78, 5) is 0. The Balaban J connectivity index is 2.11. The smallest absolute Gasteiger partial charge is 0.231 e. The van der Waals surface area contributed by atoms with Gasteiger partial charge in [0.2, 0.25) is 6.79 Å². The molecule has 1 aromatic rings. The monoisotopic (exact) mass is 270 g/mol. The summed E-state index contributed by atoms with van der Waals surface area (Å²) in [6.07, 6.45) is 2.49. The largest absolute Gasteiger partial charge is 0.454 e. The minimum Gasteiger partial charge on any atom is -0.454 e. The molecule has 100 valence electrons. The molecule has 0 saturated heterocycles. The molecule has 0 spiro atoms. The van der Waals surface area contributed by atoms with E-state index < -0.39 is 6.10 Å². The normalized spacial score (nSPS) is 16.7. The van der Waals surface area contributed by atoms with E-state index in [2.05, 4.69) is 13.8 Å². The Morgan fingerprint density at radius 3 is 2.89 bits per heavy atom. The van der Waals surface area contributed by atoms with Gasteiger partial charge in [-0.05, 0) is 30.0 Å². The molecule has 0 radical (unpaired) electrons. The quantitative estimate of drug-likeness (QED) is 0.881. The Morgan fingerprint density at radius 1 is 1.39 bits per heavy atom. The summed E-state index contributed by atoms with van der Waals surface area (Å²) in [7, 11) is 0. The van der Waals surface area contributed by atoms with Gasteiger partial charge in [-0.2, -0.15) is 0 Å². The lowest BCUT2D eigenvalue weighted by Gasteiger charge is -2.17. The van der Waals surface area contributed by atoms with Crippen molar-refractivity contribution in [2.24, 2.45) is 5.92 Å². The third-order valence-corrected chi connectivity index (χ3v) is 3.52. The molecule has 0 bridgehead atoms. The van der Waals surface area contributed by atoms with E-state index in [1.165, 1.54) is 0 Å². The van der Waals surface area contributed by atoms with Gasteiger partial charge < -0.3 is 14.6 Å². The van der Waals surface area contributed by atoms with Crippen molar-refractivity contribution in [3.63, 3.8) is 0 Å². The van der Waals surface area contributed by atoms with Crippen LogP contribution in [0.4, 0.5) is 0 Å². The van der Waals surface area contributed by atoms with Crippen LogP contribution in [0.25, 0.3) is 0 Å². The van der Waals surface area contributed by atoms with Gasteiger partial charge >= 0.3 is 0 Å². The van der Waals surface area contributed by atoms with Crippen molar-refractivity contribution in [2.45, 2.75) is 39.2 Å². The molecule has 1 aromatic carbocycles. The van der Waals surface area contributed by atoms with E-state index in [0.717, 1.165) is 24.8 Å². The predicted octanol–water partition coefficient (Wildman–Crippen LogP) is 3.93. The summed E-state index contributed by atoms with van der Waals surface area (Å²) < 4.78 is 10.6. The van der Waals surface area contributed by atoms with Crippen LogP contribution in [0.15, 0.2) is 12.1 Å². The van der Waals surface area contributed by atoms with Gasteiger partial charge in [0, 0.05) is 0 Å². The van der Waals surface area contributed by atoms with E-state index in [9.17, 15) is 5.11 Å². The molecule has 2 unspecified atom stereocenters. The van der Waals surface area contributed by atoms with E-state index >= 15 is 0 Å². The van der Waals surface area contributed by atoms with Gasteiger partial charge in [0.25, 0.3) is 0 Å². The van der Waals surface area contributed by atoms with E-state index in [1.807, 2.05) is 6.07 Å². The molecule has 0 aromatic heterocycles. The average Bonchev–Trinajstić information content (AvgIpc) is 2.77. The van der Waals surface area contributed by atoms with Crippen LogP contribution in [-0.4, -0.2) is 11.9 Å². The maximum atomic E-state index is 10.2. The maximum Gasteiger partial charge on any atom is 0.231 e. The molecule has 18 heavy (non-hydrogen) atoms. The second-order valence-electron chi connectivity index (χ2n) is 4.88. The fourth-order valence-corrected chi connectivity index (χ4v) is 2.58. The molecule has 1 heterocycles. The van der Waals surface area contributed by atoms with E-state index in [0.29, 0.717) is 22.4 Å². The van der Waals surface area contributed by atoms with Gasteiger partial charge in [0.15, 0.2) is 11.5 Å². The van der Waals surface area contributed by atoms with Crippen LogP contribution in [0.5, 0.6) is 11.5 Å². The molecule has 3 nitrogen and oxygen atoms in total. The summed E-state index contributed by atoms with van der Waals surface area (Å²) >= 11 is 6.10. The van der Waals surface area contributed by atoms with Crippen molar-refractivity contribution in [1.29, 1.82) is 0 Å². The predicted molar refractivity (Wildman–Crippen MR) is 71.2 cm³/mol. The Morgan fingerprint density at radius 2 is 2.17 bits per heavy atom. The van der Waals surface area contributed by atoms with Crippen LogP contribution < -0.4 is 9.47 Å². The molecule has 4 heteroatoms. The van der Waals surface area contributed by atoms with E-state index in [-0.39, 0.29) is 6.79 Å². The SMILES string of the molecule is CCCC(C)CC(O)c1cc(Cl)c2c(c1)OCO2. The van der Waals surface area contributed by atoms with Gasteiger partial charge in [-0.25, -0.2) is 0 Å². The third kappa shape index (κ3) is 2.90. The molecule has 0 aliphatic carbocycles. The number of aliphatic hydroxyl groups excluding tert-OH is 1. The molecule has 0 fully saturated rings. The first-order chi connectivity index (χ1) is 8.61. The minimum absolute atomic E-state index is 0.195. The first kappa shape index (κ1) is 13.5. The molecule has 0 amide bonds. The zero-order valence-corrected chi connectivity index (χ0v) is 11.5. The second kappa shape index (κ2) is 5.81. The summed E-state index contributed by atoms with van der Waals surface area (Å²) in [5.74, 6) is 1.70. The summed E-state index contributed by atoms with van der Waals surface area (Å²) in [6.45, 7) is 4.50. The van der Waals surface area contributed by atoms with Crippen LogP contribution in [0, 0.1) is 5.92 Å². The molecule has 1 N–H and O–H groups in total. The lowest BCUT2D eigenvalue weighted by atomic mass is 9.95. The van der Waals surface area contributed by atoms with Crippen LogP contribution in [0.3, 0.4) is 0 Å². The topological polar surface area (TPSA) is 38.7 Å². The van der Waals surface area contributed by atoms with Crippen molar-refractivity contribution in [2.75, 3.05) is 6.79 Å². The first-order valence-corrected chi connectivity index (χ1v) is 6.76. The number of hydrogen-bond donors (Lipinski definition) is 1. The average molecular weight is 271 g/mol. The fraction of sp³-hybridized carbons (Fsp3) is 0.571. The summed E-state index contributed by atoms with van der Waals surface area (Å²) in [5, 5.41) is 10.7. The highest BCUT2D eigenvalue weighted by Gasteiger charge is 2.21. The standard InChI is InChI=1S/C14H19ClO3/c1-3-4-9(2)5-12(16)10-6-11(15)14-13(7-10)17-8-18-14/h6-7,9,12,16H,3-5,8H2,1-2H3. The number of benzene rings is 1. The van der Waals surface area contributed by atoms with Crippen LogP contribution >= 0.6 is 11.6 Å². The van der Waals surface area contributed by atoms with Crippen LogP contribution in [-0.2, 0) is 0 Å². The Kier molecular flexibility index (Phi) is 4.36. The Bertz CT molecular complexity index is 420. The number of aliphatic hydroxyl groups is 1. The number of ether oxygens (including phenoxy) is 2. The number of fused-ring (bicyclic) bond motifs is 1. The van der Waals surface area contributed by atoms with Gasteiger partial charge in [-0.1, -0.05) is 38.3 Å². The molecular formula is C14H19ClO3. The van der Waals surface area contributed by atoms with Crippen LogP contribution in [0.2, 0.25) is 5.02 Å². The Labute approximate surface area is 113 Å². The third-order valence-electron chi connectivity index (χ3n) is 3.24. The van der Waals surface area contributed by atoms with Gasteiger partial charge in [-0.3, -0.25) is 0 Å². The Hall–Kier alpha value is -0.930. The van der Waals surface area contributed by atoms with Crippen molar-refractivity contribution in [3.05, 3.63) is 22.7 Å². The zero-order chi connectivity index (χ0) is 13.1. The number of halogens is 1. The molecule has 2 atom stereocenters. The highest BCUT2D eigenvalue weighted by atomic mass is 35.5. The number of rotatable bonds is 5. The van der Waals surface area contributed by atoms with Crippen LogP contribution in [0.1, 0.15) is 44.8 Å². The second-order valence-corrected chi connectivity index (χ2v) is 5.29. The fourth-order valence-electron chi connectivity index (χ4n) is 2.31. The lowest BCUT2D eigenvalue weighted by molar-refractivity contribution is 0.144. The first-order valence-electron chi connectivity index (χ1n) is 6.39. The highest BCUT2D eigenvalue weighted by Crippen LogP contribution is 2.41. The lowest BCUT2D eigenvalue weighted by Crippen LogP contribution is -2.04. The molecule has 1 aliphatic rings. The molecule has 2 rings (SSSR count). The minimum atomic E-state index is -0.501. The number of hydrogen-bond acceptors (Lipinski definition) is 3. The summed E-state index contributed by atoms with van der Waals surface area (Å²) in [5.41, 5.74) is 0.798. The highest BCUT2D eigenvalue weighted by molar-refractivity contribution is 6.32. The van der Waals surface area contributed by atoms with Crippen molar-refractivity contribution < 1.29 is 14.6 Å². The molecular weight excluding hydrogens is 252 g/mol. The zero-order valence-electron chi connectivity index (χ0n) is 10.8. The molecule has 0 saturated carbocycles. The van der Waals surface area contributed by atoms with Crippen molar-refractivity contribution >= 4 is 11.6 Å². The summed E-state index contributed by atoms with van der Waals surface area (Å²) in [6, 6.07) is 3.58. The van der Waals surface area contributed by atoms with Crippen molar-refractivity contribution in [3.8, 4) is 11.5 Å².